The molecule has 3 amide bonds. The van der Waals surface area contributed by atoms with Gasteiger partial charge in [0, 0.05) is 13.0 Å². The highest BCUT2D eigenvalue weighted by atomic mass is 16.4. The van der Waals surface area contributed by atoms with E-state index in [1.165, 1.54) is 12.1 Å². The molecular weight excluding hydrogens is 500 g/mol. The molecule has 39 heavy (non-hydrogen) atoms. The van der Waals surface area contributed by atoms with Gasteiger partial charge in [0.25, 0.3) is 0 Å². The number of benzene rings is 2. The quantitative estimate of drug-likeness (QED) is 0.292. The topological polar surface area (TPSA) is 171 Å². The number of carboxylic acids is 1. The Kier molecular flexibility index (Phi) is 11.1. The Morgan fingerprint density at radius 1 is 0.949 bits per heavy atom. The number of amides is 3. The van der Waals surface area contributed by atoms with E-state index in [-0.39, 0.29) is 31.6 Å². The van der Waals surface area contributed by atoms with Crippen LogP contribution in [0.4, 0.5) is 0 Å². The second-order valence-corrected chi connectivity index (χ2v) is 9.65. The second-order valence-electron chi connectivity index (χ2n) is 9.65. The highest BCUT2D eigenvalue weighted by Gasteiger charge is 2.28. The van der Waals surface area contributed by atoms with Crippen LogP contribution in [-0.2, 0) is 38.6 Å². The maximum atomic E-state index is 13.4. The summed E-state index contributed by atoms with van der Waals surface area (Å²) in [6, 6.07) is 10.6. The zero-order valence-corrected chi connectivity index (χ0v) is 21.8. The summed E-state index contributed by atoms with van der Waals surface area (Å²) in [5.74, 6) is -2.32. The fourth-order valence-electron chi connectivity index (χ4n) is 4.34. The molecule has 3 atom stereocenters. The van der Waals surface area contributed by atoms with Gasteiger partial charge in [0.1, 0.15) is 17.8 Å². The molecule has 7 N–H and O–H groups in total. The van der Waals surface area contributed by atoms with Crippen LogP contribution in [0.1, 0.15) is 48.8 Å². The lowest BCUT2D eigenvalue weighted by atomic mass is 10.0. The monoisotopic (exact) mass is 536 g/mol. The molecule has 10 nitrogen and oxygen atoms in total. The normalized spacial score (nSPS) is 20.8. The Morgan fingerprint density at radius 2 is 1.67 bits per heavy atom. The number of hydrogen-bond acceptors (Lipinski definition) is 6. The predicted molar refractivity (Wildman–Crippen MR) is 146 cm³/mol. The summed E-state index contributed by atoms with van der Waals surface area (Å²) < 4.78 is 0. The van der Waals surface area contributed by atoms with Gasteiger partial charge in [-0.1, -0.05) is 55.0 Å². The lowest BCUT2D eigenvalue weighted by molar-refractivity contribution is -0.136. The number of hydrogen-bond donors (Lipinski definition) is 6. The van der Waals surface area contributed by atoms with Gasteiger partial charge in [-0.15, -0.1) is 0 Å². The van der Waals surface area contributed by atoms with Gasteiger partial charge in [-0.3, -0.25) is 19.2 Å². The Morgan fingerprint density at radius 3 is 2.38 bits per heavy atom. The third-order valence-corrected chi connectivity index (χ3v) is 6.57. The highest BCUT2D eigenvalue weighted by Crippen LogP contribution is 2.14. The number of aliphatic carboxylic acids is 1. The Bertz CT molecular complexity index is 1180. The second kappa shape index (κ2) is 14.7. The van der Waals surface area contributed by atoms with E-state index < -0.39 is 41.8 Å². The average molecular weight is 537 g/mol. The van der Waals surface area contributed by atoms with Gasteiger partial charge in [-0.25, -0.2) is 0 Å². The van der Waals surface area contributed by atoms with Crippen molar-refractivity contribution in [3.63, 3.8) is 0 Å². The summed E-state index contributed by atoms with van der Waals surface area (Å²) in [4.78, 5) is 50.6. The van der Waals surface area contributed by atoms with E-state index in [9.17, 15) is 29.4 Å². The number of phenols is 1. The smallest absolute Gasteiger partial charge is 0.307 e. The van der Waals surface area contributed by atoms with Crippen molar-refractivity contribution in [3.8, 4) is 5.75 Å². The van der Waals surface area contributed by atoms with Crippen LogP contribution in [0.15, 0.2) is 60.7 Å². The van der Waals surface area contributed by atoms with Crippen molar-refractivity contribution in [1.29, 1.82) is 0 Å². The van der Waals surface area contributed by atoms with E-state index >= 15 is 0 Å². The lowest BCUT2D eigenvalue weighted by Gasteiger charge is -2.24. The number of carbonyl (C=O) groups is 4. The minimum Gasteiger partial charge on any atom is -0.508 e. The Labute approximate surface area is 227 Å². The van der Waals surface area contributed by atoms with E-state index in [1.807, 2.05) is 12.2 Å². The number of phenolic OH excluding ortho intramolecular Hbond substituents is 1. The number of carbonyl (C=O) groups excluding carboxylic acids is 3. The molecule has 1 aliphatic rings. The van der Waals surface area contributed by atoms with E-state index in [1.54, 1.807) is 36.4 Å². The molecule has 0 fully saturated rings. The molecule has 2 aromatic carbocycles. The minimum absolute atomic E-state index is 0.0775. The molecule has 0 aliphatic carbocycles. The number of allylic oxidation sites excluding steroid dienone is 1. The first-order chi connectivity index (χ1) is 18.7. The molecule has 0 aromatic heterocycles. The SMILES string of the molecule is NC1CCCCC=CCC(C(=O)NCc2ccccc2CC(=O)O)NC(=O)C(Cc2ccc(O)cc2)NC1=O. The summed E-state index contributed by atoms with van der Waals surface area (Å²) in [6.07, 6.45) is 6.82. The molecule has 3 rings (SSSR count). The number of rotatable bonds is 7. The van der Waals surface area contributed by atoms with Crippen molar-refractivity contribution in [2.45, 2.75) is 69.6 Å². The molecule has 3 unspecified atom stereocenters. The Hall–Kier alpha value is -4.18. The fraction of sp³-hybridized carbons (Fsp3) is 0.379. The summed E-state index contributed by atoms with van der Waals surface area (Å²) in [7, 11) is 0. The van der Waals surface area contributed by atoms with E-state index in [2.05, 4.69) is 16.0 Å². The summed E-state index contributed by atoms with van der Waals surface area (Å²) >= 11 is 0. The first kappa shape index (κ1) is 29.4. The molecular formula is C29H36N4O6. The van der Waals surface area contributed by atoms with Gasteiger partial charge in [0.05, 0.1) is 12.5 Å². The van der Waals surface area contributed by atoms with Crippen molar-refractivity contribution in [2.75, 3.05) is 0 Å². The third-order valence-electron chi connectivity index (χ3n) is 6.57. The van der Waals surface area contributed by atoms with Crippen molar-refractivity contribution in [3.05, 3.63) is 77.4 Å². The van der Waals surface area contributed by atoms with Crippen LogP contribution in [0.5, 0.6) is 5.75 Å². The van der Waals surface area contributed by atoms with Crippen LogP contribution in [0.2, 0.25) is 0 Å². The standard InChI is InChI=1S/C29H36N4O6/c30-23-10-4-2-1-3-5-11-24(28(38)31-18-21-9-7-6-8-20(21)17-26(35)36)32-29(39)25(33-27(23)37)16-19-12-14-22(34)15-13-19/h3,5-9,12-15,23-25,34H,1-2,4,10-11,16-18,30H2,(H,31,38)(H,32,39)(H,33,37)(H,35,36). The van der Waals surface area contributed by atoms with Gasteiger partial charge >= 0.3 is 5.97 Å². The van der Waals surface area contributed by atoms with E-state index in [0.717, 1.165) is 19.3 Å². The number of aromatic hydroxyl groups is 1. The molecule has 1 aliphatic heterocycles. The number of nitrogens with one attached hydrogen (secondary N) is 3. The fourth-order valence-corrected chi connectivity index (χ4v) is 4.34. The molecule has 0 saturated carbocycles. The average Bonchev–Trinajstić information content (AvgIpc) is 2.90. The van der Waals surface area contributed by atoms with E-state index in [4.69, 9.17) is 5.73 Å². The first-order valence-electron chi connectivity index (χ1n) is 13.1. The van der Waals surface area contributed by atoms with E-state index in [0.29, 0.717) is 23.1 Å². The maximum Gasteiger partial charge on any atom is 0.307 e. The van der Waals surface area contributed by atoms with Crippen LogP contribution in [-0.4, -0.2) is 52.0 Å². The molecule has 2 aromatic rings. The number of carboxylic acid groups (broad SMARTS) is 1. The van der Waals surface area contributed by atoms with Crippen LogP contribution in [0.3, 0.4) is 0 Å². The maximum absolute atomic E-state index is 13.4. The van der Waals surface area contributed by atoms with Crippen LogP contribution >= 0.6 is 0 Å². The molecule has 0 spiro atoms. The first-order valence-corrected chi connectivity index (χ1v) is 13.1. The highest BCUT2D eigenvalue weighted by molar-refractivity contribution is 5.93. The largest absolute Gasteiger partial charge is 0.508 e. The minimum atomic E-state index is -0.994. The van der Waals surface area contributed by atoms with Crippen molar-refractivity contribution < 1.29 is 29.4 Å². The zero-order chi connectivity index (χ0) is 28.2. The molecule has 1 heterocycles. The van der Waals surface area contributed by atoms with Crippen LogP contribution in [0, 0.1) is 0 Å². The third kappa shape index (κ3) is 9.57. The molecule has 0 saturated heterocycles. The summed E-state index contributed by atoms with van der Waals surface area (Å²) in [5, 5.41) is 27.1. The van der Waals surface area contributed by atoms with Gasteiger partial charge < -0.3 is 31.9 Å². The molecule has 208 valence electrons. The molecule has 0 radical (unpaired) electrons. The van der Waals surface area contributed by atoms with Gasteiger partial charge in [-0.05, 0) is 54.5 Å². The van der Waals surface area contributed by atoms with Crippen molar-refractivity contribution >= 4 is 23.7 Å². The van der Waals surface area contributed by atoms with Crippen molar-refractivity contribution in [1.82, 2.24) is 16.0 Å². The van der Waals surface area contributed by atoms with Gasteiger partial charge in [-0.2, -0.15) is 0 Å². The van der Waals surface area contributed by atoms with Gasteiger partial charge in [0.15, 0.2) is 0 Å². The van der Waals surface area contributed by atoms with Crippen molar-refractivity contribution in [2.24, 2.45) is 5.73 Å². The van der Waals surface area contributed by atoms with Gasteiger partial charge in [0.2, 0.25) is 17.7 Å². The lowest BCUT2D eigenvalue weighted by Crippen LogP contribution is -2.56. The number of nitrogens with two attached hydrogens (primary N) is 1. The zero-order valence-electron chi connectivity index (χ0n) is 21.8. The van der Waals surface area contributed by atoms with Crippen LogP contribution in [0.25, 0.3) is 0 Å². The summed E-state index contributed by atoms with van der Waals surface area (Å²) in [5.41, 5.74) is 8.03. The summed E-state index contributed by atoms with van der Waals surface area (Å²) in [6.45, 7) is 0.0981. The molecule has 10 heteroatoms. The molecule has 0 bridgehead atoms. The Balaban J connectivity index is 1.78. The van der Waals surface area contributed by atoms with Crippen LogP contribution < -0.4 is 21.7 Å². The predicted octanol–water partition coefficient (Wildman–Crippen LogP) is 1.70.